The first-order valence-corrected chi connectivity index (χ1v) is 7.63. The van der Waals surface area contributed by atoms with Crippen molar-refractivity contribution in [3.63, 3.8) is 0 Å². The fraction of sp³-hybridized carbons (Fsp3) is 0.188. The van der Waals surface area contributed by atoms with Crippen LogP contribution < -0.4 is 14.8 Å². The Morgan fingerprint density at radius 2 is 1.90 bits per heavy atom. The average Bonchev–Trinajstić information content (AvgIpc) is 2.88. The van der Waals surface area contributed by atoms with Crippen molar-refractivity contribution in [1.29, 1.82) is 0 Å². The van der Waals surface area contributed by atoms with Crippen LogP contribution in [0.3, 0.4) is 0 Å². The van der Waals surface area contributed by atoms with Crippen LogP contribution in [0.2, 0.25) is 0 Å². The molecule has 1 aliphatic heterocycles. The zero-order chi connectivity index (χ0) is 14.2. The normalized spacial score (nSPS) is 13.4. The Hall–Kier alpha value is -2.27. The molecular formula is C16H14N2O2S. The van der Waals surface area contributed by atoms with Gasteiger partial charge >= 0.3 is 0 Å². The Labute approximate surface area is 126 Å². The summed E-state index contributed by atoms with van der Waals surface area (Å²) < 4.78 is 12.3. The van der Waals surface area contributed by atoms with Gasteiger partial charge in [-0.05, 0) is 36.8 Å². The minimum atomic E-state index is 0.594. The van der Waals surface area contributed by atoms with Crippen molar-refractivity contribution in [2.45, 2.75) is 6.92 Å². The van der Waals surface area contributed by atoms with Crippen LogP contribution in [0.1, 0.15) is 5.56 Å². The maximum atomic E-state index is 5.59. The molecule has 0 amide bonds. The smallest absolute Gasteiger partial charge is 0.188 e. The molecule has 0 atom stereocenters. The zero-order valence-corrected chi connectivity index (χ0v) is 12.4. The van der Waals surface area contributed by atoms with Gasteiger partial charge < -0.3 is 14.8 Å². The number of anilines is 2. The molecule has 1 N–H and O–H groups in total. The third-order valence-electron chi connectivity index (χ3n) is 3.34. The van der Waals surface area contributed by atoms with Crippen LogP contribution in [0, 0.1) is 6.92 Å². The van der Waals surface area contributed by atoms with Crippen LogP contribution in [-0.4, -0.2) is 18.2 Å². The van der Waals surface area contributed by atoms with Crippen molar-refractivity contribution in [2.24, 2.45) is 0 Å². The van der Waals surface area contributed by atoms with Crippen LogP contribution >= 0.6 is 11.3 Å². The summed E-state index contributed by atoms with van der Waals surface area (Å²) in [5.41, 5.74) is 3.22. The molecule has 0 radical (unpaired) electrons. The molecule has 0 unspecified atom stereocenters. The van der Waals surface area contributed by atoms with E-state index < -0.39 is 0 Å². The van der Waals surface area contributed by atoms with Crippen LogP contribution in [0.25, 0.3) is 10.2 Å². The number of rotatable bonds is 2. The predicted molar refractivity (Wildman–Crippen MR) is 85.1 cm³/mol. The fourth-order valence-electron chi connectivity index (χ4n) is 2.33. The Morgan fingerprint density at radius 3 is 2.81 bits per heavy atom. The van der Waals surface area contributed by atoms with Crippen molar-refractivity contribution in [2.75, 3.05) is 18.5 Å². The number of benzene rings is 2. The number of nitrogens with one attached hydrogen (secondary N) is 1. The van der Waals surface area contributed by atoms with E-state index in [1.807, 2.05) is 18.2 Å². The van der Waals surface area contributed by atoms with Gasteiger partial charge in [-0.25, -0.2) is 4.98 Å². The molecule has 1 aromatic heterocycles. The Bertz CT molecular complexity index is 813. The minimum absolute atomic E-state index is 0.594. The number of aryl methyl sites for hydroxylation is 1. The second-order valence-electron chi connectivity index (χ2n) is 4.97. The lowest BCUT2D eigenvalue weighted by Gasteiger charge is -2.18. The number of nitrogens with zero attached hydrogens (tertiary/aromatic N) is 1. The lowest BCUT2D eigenvalue weighted by Crippen LogP contribution is -2.15. The molecule has 0 spiro atoms. The van der Waals surface area contributed by atoms with Crippen LogP contribution in [0.15, 0.2) is 36.4 Å². The van der Waals surface area contributed by atoms with Gasteiger partial charge in [-0.3, -0.25) is 0 Å². The summed E-state index contributed by atoms with van der Waals surface area (Å²) in [6.07, 6.45) is 0. The number of hydrogen-bond donors (Lipinski definition) is 1. The van der Waals surface area contributed by atoms with Gasteiger partial charge in [0, 0.05) is 11.8 Å². The van der Waals surface area contributed by atoms with E-state index in [-0.39, 0.29) is 0 Å². The van der Waals surface area contributed by atoms with Crippen LogP contribution in [0.4, 0.5) is 10.8 Å². The highest BCUT2D eigenvalue weighted by Crippen LogP contribution is 2.35. The van der Waals surface area contributed by atoms with Gasteiger partial charge in [0.25, 0.3) is 0 Å². The van der Waals surface area contributed by atoms with Crippen molar-refractivity contribution >= 4 is 32.4 Å². The quantitative estimate of drug-likeness (QED) is 0.773. The molecule has 0 bridgehead atoms. The summed E-state index contributed by atoms with van der Waals surface area (Å²) in [5.74, 6) is 1.58. The number of thiazole rings is 1. The van der Waals surface area contributed by atoms with E-state index in [1.165, 1.54) is 10.3 Å². The first-order valence-electron chi connectivity index (χ1n) is 6.82. The molecule has 0 aliphatic carbocycles. The van der Waals surface area contributed by atoms with E-state index in [2.05, 4.69) is 35.4 Å². The molecule has 4 rings (SSSR count). The third-order valence-corrected chi connectivity index (χ3v) is 4.27. The molecule has 21 heavy (non-hydrogen) atoms. The molecule has 0 saturated carbocycles. The highest BCUT2D eigenvalue weighted by Gasteiger charge is 2.12. The highest BCUT2D eigenvalue weighted by atomic mass is 32.1. The molecule has 3 aromatic rings. The largest absolute Gasteiger partial charge is 0.486 e. The monoisotopic (exact) mass is 298 g/mol. The molecule has 5 heteroatoms. The molecule has 0 fully saturated rings. The number of ether oxygens (including phenoxy) is 2. The number of fused-ring (bicyclic) bond motifs is 2. The standard InChI is InChI=1S/C16H14N2O2S/c1-10-2-4-12-15(8-10)21-16(18-12)17-11-3-5-13-14(9-11)20-7-6-19-13/h2-5,8-9H,6-7H2,1H3,(H,17,18). The molecule has 0 saturated heterocycles. The highest BCUT2D eigenvalue weighted by molar-refractivity contribution is 7.22. The Morgan fingerprint density at radius 1 is 1.05 bits per heavy atom. The summed E-state index contributed by atoms with van der Waals surface area (Å²) in [4.78, 5) is 4.60. The van der Waals surface area contributed by atoms with E-state index in [9.17, 15) is 0 Å². The molecular weight excluding hydrogens is 284 g/mol. The number of hydrogen-bond acceptors (Lipinski definition) is 5. The lowest BCUT2D eigenvalue weighted by molar-refractivity contribution is 0.171. The van der Waals surface area contributed by atoms with Gasteiger partial charge in [-0.15, -0.1) is 0 Å². The summed E-state index contributed by atoms with van der Waals surface area (Å²) in [6, 6.07) is 12.1. The second-order valence-corrected chi connectivity index (χ2v) is 6.00. The maximum Gasteiger partial charge on any atom is 0.188 e. The van der Waals surface area contributed by atoms with E-state index in [0.717, 1.165) is 27.8 Å². The van der Waals surface area contributed by atoms with E-state index in [1.54, 1.807) is 11.3 Å². The second kappa shape index (κ2) is 4.93. The summed E-state index contributed by atoms with van der Waals surface area (Å²) in [5, 5.41) is 4.22. The van der Waals surface area contributed by atoms with Gasteiger partial charge in [0.15, 0.2) is 16.6 Å². The molecule has 106 valence electrons. The third kappa shape index (κ3) is 2.40. The molecule has 4 nitrogen and oxygen atoms in total. The minimum Gasteiger partial charge on any atom is -0.486 e. The van der Waals surface area contributed by atoms with Crippen molar-refractivity contribution in [3.05, 3.63) is 42.0 Å². The van der Waals surface area contributed by atoms with E-state index >= 15 is 0 Å². The maximum absolute atomic E-state index is 5.59. The fourth-order valence-corrected chi connectivity index (χ4v) is 3.31. The van der Waals surface area contributed by atoms with Gasteiger partial charge in [0.2, 0.25) is 0 Å². The van der Waals surface area contributed by atoms with Crippen molar-refractivity contribution in [1.82, 2.24) is 4.98 Å². The lowest BCUT2D eigenvalue weighted by atomic mass is 10.2. The summed E-state index contributed by atoms with van der Waals surface area (Å²) in [6.45, 7) is 3.29. The van der Waals surface area contributed by atoms with Gasteiger partial charge in [0.1, 0.15) is 13.2 Å². The van der Waals surface area contributed by atoms with Crippen molar-refractivity contribution in [3.8, 4) is 11.5 Å². The zero-order valence-electron chi connectivity index (χ0n) is 11.6. The molecule has 2 aromatic carbocycles. The molecule has 1 aliphatic rings. The SMILES string of the molecule is Cc1ccc2nc(Nc3ccc4c(c3)OCCO4)sc2c1. The van der Waals surface area contributed by atoms with Crippen molar-refractivity contribution < 1.29 is 9.47 Å². The molecule has 2 heterocycles. The Balaban J connectivity index is 1.64. The average molecular weight is 298 g/mol. The topological polar surface area (TPSA) is 43.4 Å². The summed E-state index contributed by atoms with van der Waals surface area (Å²) >= 11 is 1.65. The predicted octanol–water partition coefficient (Wildman–Crippen LogP) is 4.12. The van der Waals surface area contributed by atoms with Gasteiger partial charge in [0.05, 0.1) is 10.2 Å². The van der Waals surface area contributed by atoms with Crippen LogP contribution in [-0.2, 0) is 0 Å². The summed E-state index contributed by atoms with van der Waals surface area (Å²) in [7, 11) is 0. The number of aromatic nitrogens is 1. The van der Waals surface area contributed by atoms with E-state index in [0.29, 0.717) is 13.2 Å². The Kier molecular flexibility index (Phi) is 2.93. The first-order chi connectivity index (χ1) is 10.3. The first kappa shape index (κ1) is 12.5. The van der Waals surface area contributed by atoms with Gasteiger partial charge in [-0.2, -0.15) is 0 Å². The van der Waals surface area contributed by atoms with Gasteiger partial charge in [-0.1, -0.05) is 17.4 Å². The van der Waals surface area contributed by atoms with E-state index in [4.69, 9.17) is 9.47 Å². The van der Waals surface area contributed by atoms with Crippen LogP contribution in [0.5, 0.6) is 11.5 Å².